The predicted octanol–water partition coefficient (Wildman–Crippen LogP) is 3.43. The SMILES string of the molecule is CC(C)=C[C@@H]1[C@@H](C(=O)NCC2(O)CCCCCC2)C1(C)C. The molecule has 0 aromatic heterocycles. The fourth-order valence-electron chi connectivity index (χ4n) is 3.77. The predicted molar refractivity (Wildman–Crippen MR) is 85.9 cm³/mol. The van der Waals surface area contributed by atoms with Crippen molar-refractivity contribution >= 4 is 5.91 Å². The Hall–Kier alpha value is -0.830. The Morgan fingerprint density at radius 1 is 1.19 bits per heavy atom. The molecule has 21 heavy (non-hydrogen) atoms. The Bertz CT molecular complexity index is 413. The van der Waals surface area contributed by atoms with Crippen LogP contribution in [0.5, 0.6) is 0 Å². The molecule has 0 bridgehead atoms. The van der Waals surface area contributed by atoms with Gasteiger partial charge < -0.3 is 10.4 Å². The second-order valence-electron chi connectivity index (χ2n) is 7.93. The third-order valence-corrected chi connectivity index (χ3v) is 5.33. The van der Waals surface area contributed by atoms with Crippen LogP contribution in [0.4, 0.5) is 0 Å². The average molecular weight is 293 g/mol. The van der Waals surface area contributed by atoms with Crippen LogP contribution in [0.25, 0.3) is 0 Å². The van der Waals surface area contributed by atoms with Crippen molar-refractivity contribution in [3.05, 3.63) is 11.6 Å². The molecule has 2 N–H and O–H groups in total. The zero-order chi connectivity index (χ0) is 15.7. The Balaban J connectivity index is 1.89. The van der Waals surface area contributed by atoms with Gasteiger partial charge in [-0.05, 0) is 38.0 Å². The molecule has 3 nitrogen and oxygen atoms in total. The molecule has 2 rings (SSSR count). The molecule has 2 saturated carbocycles. The number of rotatable bonds is 4. The van der Waals surface area contributed by atoms with E-state index in [0.29, 0.717) is 12.5 Å². The van der Waals surface area contributed by atoms with Crippen LogP contribution >= 0.6 is 0 Å². The zero-order valence-corrected chi connectivity index (χ0v) is 14.0. The fraction of sp³-hybridized carbons (Fsp3) is 0.833. The molecule has 0 radical (unpaired) electrons. The largest absolute Gasteiger partial charge is 0.388 e. The summed E-state index contributed by atoms with van der Waals surface area (Å²) >= 11 is 0. The van der Waals surface area contributed by atoms with Crippen LogP contribution in [0.3, 0.4) is 0 Å². The molecule has 0 spiro atoms. The van der Waals surface area contributed by atoms with Crippen molar-refractivity contribution < 1.29 is 9.90 Å². The quantitative estimate of drug-likeness (QED) is 0.616. The van der Waals surface area contributed by atoms with Gasteiger partial charge in [0.2, 0.25) is 5.91 Å². The van der Waals surface area contributed by atoms with Crippen LogP contribution in [0, 0.1) is 17.3 Å². The van der Waals surface area contributed by atoms with E-state index in [1.54, 1.807) is 0 Å². The Morgan fingerprint density at radius 3 is 2.29 bits per heavy atom. The molecule has 2 aliphatic carbocycles. The molecule has 0 saturated heterocycles. The van der Waals surface area contributed by atoms with Crippen LogP contribution in [0.1, 0.15) is 66.2 Å². The molecular formula is C18H31NO2. The normalized spacial score (nSPS) is 30.1. The second kappa shape index (κ2) is 6.12. The first-order valence-electron chi connectivity index (χ1n) is 8.41. The molecule has 3 heteroatoms. The van der Waals surface area contributed by atoms with E-state index < -0.39 is 5.60 Å². The number of nitrogens with one attached hydrogen (secondary N) is 1. The molecule has 0 heterocycles. The highest BCUT2D eigenvalue weighted by atomic mass is 16.3. The molecule has 2 atom stereocenters. The van der Waals surface area contributed by atoms with Gasteiger partial charge in [0.05, 0.1) is 11.5 Å². The van der Waals surface area contributed by atoms with Crippen LogP contribution in [0.2, 0.25) is 0 Å². The average Bonchev–Trinajstić information content (AvgIpc) is 2.99. The van der Waals surface area contributed by atoms with E-state index in [0.717, 1.165) is 25.7 Å². The summed E-state index contributed by atoms with van der Waals surface area (Å²) in [6, 6.07) is 0. The van der Waals surface area contributed by atoms with Gasteiger partial charge in [0.15, 0.2) is 0 Å². The minimum Gasteiger partial charge on any atom is -0.388 e. The topological polar surface area (TPSA) is 49.3 Å². The van der Waals surface area contributed by atoms with Crippen molar-refractivity contribution in [1.82, 2.24) is 5.32 Å². The molecule has 0 aromatic rings. The number of amides is 1. The Labute approximate surface area is 129 Å². The van der Waals surface area contributed by atoms with E-state index in [4.69, 9.17) is 0 Å². The van der Waals surface area contributed by atoms with E-state index in [1.165, 1.54) is 18.4 Å². The zero-order valence-electron chi connectivity index (χ0n) is 14.0. The standard InChI is InChI=1S/C18H31NO2/c1-13(2)11-14-15(17(14,3)4)16(20)19-12-18(21)9-7-5-6-8-10-18/h11,14-15,21H,5-10,12H2,1-4H3,(H,19,20)/t14-,15+/m1/s1. The Morgan fingerprint density at radius 2 is 1.76 bits per heavy atom. The van der Waals surface area contributed by atoms with Crippen molar-refractivity contribution in [3.8, 4) is 0 Å². The van der Waals surface area contributed by atoms with Crippen molar-refractivity contribution in [2.24, 2.45) is 17.3 Å². The van der Waals surface area contributed by atoms with Crippen molar-refractivity contribution in [2.75, 3.05) is 6.54 Å². The number of hydrogen-bond donors (Lipinski definition) is 2. The number of carbonyl (C=O) groups is 1. The van der Waals surface area contributed by atoms with Gasteiger partial charge in [-0.1, -0.05) is 51.2 Å². The van der Waals surface area contributed by atoms with E-state index in [2.05, 4.69) is 39.1 Å². The fourth-order valence-corrected chi connectivity index (χ4v) is 3.77. The Kier molecular flexibility index (Phi) is 4.82. The van der Waals surface area contributed by atoms with E-state index in [1.807, 2.05) is 0 Å². The molecule has 0 aliphatic heterocycles. The maximum absolute atomic E-state index is 12.4. The first-order chi connectivity index (χ1) is 9.76. The van der Waals surface area contributed by atoms with Gasteiger partial charge in [0, 0.05) is 6.54 Å². The molecule has 1 amide bonds. The summed E-state index contributed by atoms with van der Waals surface area (Å²) in [6.45, 7) is 8.89. The summed E-state index contributed by atoms with van der Waals surface area (Å²) in [4.78, 5) is 12.4. The lowest BCUT2D eigenvalue weighted by atomic mass is 9.94. The van der Waals surface area contributed by atoms with Crippen LogP contribution in [-0.2, 0) is 4.79 Å². The van der Waals surface area contributed by atoms with E-state index >= 15 is 0 Å². The molecular weight excluding hydrogens is 262 g/mol. The van der Waals surface area contributed by atoms with Crippen molar-refractivity contribution in [1.29, 1.82) is 0 Å². The molecule has 0 unspecified atom stereocenters. The highest BCUT2D eigenvalue weighted by Crippen LogP contribution is 2.59. The monoisotopic (exact) mass is 293 g/mol. The lowest BCUT2D eigenvalue weighted by molar-refractivity contribution is -0.124. The summed E-state index contributed by atoms with van der Waals surface area (Å²) in [6.07, 6.45) is 8.40. The third kappa shape index (κ3) is 3.88. The summed E-state index contributed by atoms with van der Waals surface area (Å²) in [5.41, 5.74) is 0.635. The minimum absolute atomic E-state index is 0.0490. The van der Waals surface area contributed by atoms with Gasteiger partial charge in [-0.15, -0.1) is 0 Å². The van der Waals surface area contributed by atoms with Gasteiger partial charge in [-0.25, -0.2) is 0 Å². The number of aliphatic hydroxyl groups is 1. The van der Waals surface area contributed by atoms with E-state index in [-0.39, 0.29) is 17.2 Å². The second-order valence-corrected chi connectivity index (χ2v) is 7.93. The molecule has 120 valence electrons. The van der Waals surface area contributed by atoms with E-state index in [9.17, 15) is 9.90 Å². The molecule has 2 fully saturated rings. The minimum atomic E-state index is -0.683. The van der Waals surface area contributed by atoms with Crippen LogP contribution in [-0.4, -0.2) is 23.2 Å². The van der Waals surface area contributed by atoms with Gasteiger partial charge in [0.25, 0.3) is 0 Å². The summed E-state index contributed by atoms with van der Waals surface area (Å²) in [7, 11) is 0. The first-order valence-corrected chi connectivity index (χ1v) is 8.41. The number of carbonyl (C=O) groups excluding carboxylic acids is 1. The highest BCUT2D eigenvalue weighted by Gasteiger charge is 2.60. The van der Waals surface area contributed by atoms with Gasteiger partial charge in [-0.2, -0.15) is 0 Å². The smallest absolute Gasteiger partial charge is 0.224 e. The van der Waals surface area contributed by atoms with Gasteiger partial charge in [-0.3, -0.25) is 4.79 Å². The number of hydrogen-bond acceptors (Lipinski definition) is 2. The summed E-state index contributed by atoms with van der Waals surface area (Å²) in [5.74, 6) is 0.508. The maximum Gasteiger partial charge on any atom is 0.224 e. The lowest BCUT2D eigenvalue weighted by Gasteiger charge is -2.27. The molecule has 0 aromatic carbocycles. The highest BCUT2D eigenvalue weighted by molar-refractivity contribution is 5.83. The lowest BCUT2D eigenvalue weighted by Crippen LogP contribution is -2.43. The first kappa shape index (κ1) is 16.5. The van der Waals surface area contributed by atoms with Gasteiger partial charge >= 0.3 is 0 Å². The van der Waals surface area contributed by atoms with Crippen molar-refractivity contribution in [3.63, 3.8) is 0 Å². The third-order valence-electron chi connectivity index (χ3n) is 5.33. The number of allylic oxidation sites excluding steroid dienone is 2. The van der Waals surface area contributed by atoms with Crippen molar-refractivity contribution in [2.45, 2.75) is 71.8 Å². The summed E-state index contributed by atoms with van der Waals surface area (Å²) < 4.78 is 0. The molecule has 2 aliphatic rings. The van der Waals surface area contributed by atoms with Gasteiger partial charge in [0.1, 0.15) is 0 Å². The van der Waals surface area contributed by atoms with Crippen LogP contribution in [0.15, 0.2) is 11.6 Å². The maximum atomic E-state index is 12.4. The summed E-state index contributed by atoms with van der Waals surface area (Å²) in [5, 5.41) is 13.6. The van der Waals surface area contributed by atoms with Crippen LogP contribution < -0.4 is 5.32 Å².